The molecule has 1 aromatic carbocycles. The Morgan fingerprint density at radius 3 is 2.45 bits per heavy atom. The van der Waals surface area contributed by atoms with E-state index in [0.717, 1.165) is 6.54 Å². The van der Waals surface area contributed by atoms with E-state index in [4.69, 9.17) is 14.2 Å². The highest BCUT2D eigenvalue weighted by atomic mass is 16.5. The van der Waals surface area contributed by atoms with Crippen molar-refractivity contribution in [2.24, 2.45) is 5.92 Å². The van der Waals surface area contributed by atoms with E-state index in [-0.39, 0.29) is 6.61 Å². The Bertz CT molecular complexity index is 373. The summed E-state index contributed by atoms with van der Waals surface area (Å²) < 4.78 is 15.8. The van der Waals surface area contributed by atoms with Gasteiger partial charge in [-0.15, -0.1) is 0 Å². The number of aliphatic hydroxyl groups is 1. The zero-order valence-corrected chi connectivity index (χ0v) is 12.5. The fourth-order valence-electron chi connectivity index (χ4n) is 1.82. The van der Waals surface area contributed by atoms with Gasteiger partial charge < -0.3 is 24.6 Å². The summed E-state index contributed by atoms with van der Waals surface area (Å²) in [7, 11) is 3.28. The molecule has 1 aromatic rings. The zero-order valence-electron chi connectivity index (χ0n) is 12.5. The van der Waals surface area contributed by atoms with Crippen molar-refractivity contribution in [3.63, 3.8) is 0 Å². The van der Waals surface area contributed by atoms with Crippen molar-refractivity contribution in [3.8, 4) is 11.5 Å². The highest BCUT2D eigenvalue weighted by Gasteiger charge is 2.09. The minimum Gasteiger partial charge on any atom is -0.493 e. The molecule has 5 nitrogen and oxygen atoms in total. The number of aliphatic hydroxyl groups excluding tert-OH is 1. The molecule has 0 radical (unpaired) electrons. The monoisotopic (exact) mass is 283 g/mol. The molecule has 2 unspecified atom stereocenters. The molecule has 0 fully saturated rings. The van der Waals surface area contributed by atoms with Crippen LogP contribution < -0.4 is 14.8 Å². The summed E-state index contributed by atoms with van der Waals surface area (Å²) in [6.07, 6.45) is -0.561. The van der Waals surface area contributed by atoms with E-state index in [9.17, 15) is 5.11 Å². The molecule has 20 heavy (non-hydrogen) atoms. The summed E-state index contributed by atoms with van der Waals surface area (Å²) in [4.78, 5) is 0. The number of methoxy groups -OCH3 is 2. The molecule has 0 aliphatic carbocycles. The van der Waals surface area contributed by atoms with Crippen LogP contribution in [0.25, 0.3) is 0 Å². The smallest absolute Gasteiger partial charge is 0.161 e. The Labute approximate surface area is 120 Å². The number of hydrogen-bond donors (Lipinski definition) is 2. The molecule has 5 heteroatoms. The Morgan fingerprint density at radius 1 is 1.10 bits per heavy atom. The number of nitrogens with one attached hydrogen (secondary N) is 1. The first-order valence-corrected chi connectivity index (χ1v) is 6.81. The topological polar surface area (TPSA) is 60.0 Å². The maximum atomic E-state index is 9.86. The summed E-state index contributed by atoms with van der Waals surface area (Å²) in [6.45, 7) is 4.32. The van der Waals surface area contributed by atoms with Crippen LogP contribution in [0, 0.1) is 5.92 Å². The first kappa shape index (κ1) is 16.8. The normalized spacial score (nSPS) is 13.8. The van der Waals surface area contributed by atoms with Crippen LogP contribution in [-0.4, -0.2) is 51.7 Å². The fourth-order valence-corrected chi connectivity index (χ4v) is 1.82. The highest BCUT2D eigenvalue weighted by Crippen LogP contribution is 2.25. The Balaban J connectivity index is 2.24. The fraction of sp³-hybridized carbons (Fsp3) is 0.600. The summed E-state index contributed by atoms with van der Waals surface area (Å²) in [5.74, 6) is 1.73. The van der Waals surface area contributed by atoms with Gasteiger partial charge in [0.15, 0.2) is 11.5 Å². The minimum atomic E-state index is -0.561. The Morgan fingerprint density at radius 2 is 1.80 bits per heavy atom. The predicted molar refractivity (Wildman–Crippen MR) is 78.4 cm³/mol. The molecule has 0 saturated carbocycles. The predicted octanol–water partition coefficient (Wildman–Crippen LogP) is 1.31. The van der Waals surface area contributed by atoms with E-state index in [1.807, 2.05) is 24.3 Å². The highest BCUT2D eigenvalue weighted by molar-refractivity contribution is 5.39. The van der Waals surface area contributed by atoms with Gasteiger partial charge in [-0.2, -0.15) is 0 Å². The van der Waals surface area contributed by atoms with Gasteiger partial charge in [-0.25, -0.2) is 0 Å². The van der Waals surface area contributed by atoms with Crippen molar-refractivity contribution < 1.29 is 19.3 Å². The SMILES string of the molecule is COCC(C)CNCC(O)COc1ccccc1OC. The van der Waals surface area contributed by atoms with Gasteiger partial charge in [0, 0.05) is 20.3 Å². The number of benzene rings is 1. The Kier molecular flexibility index (Phi) is 8.02. The minimum absolute atomic E-state index is 0.228. The van der Waals surface area contributed by atoms with Gasteiger partial charge in [0.25, 0.3) is 0 Å². The lowest BCUT2D eigenvalue weighted by atomic mass is 10.2. The van der Waals surface area contributed by atoms with Gasteiger partial charge in [0.05, 0.1) is 7.11 Å². The summed E-state index contributed by atoms with van der Waals surface area (Å²) in [5, 5.41) is 13.1. The molecule has 0 spiro atoms. The third-order valence-corrected chi connectivity index (χ3v) is 2.82. The number of rotatable bonds is 10. The van der Waals surface area contributed by atoms with Crippen LogP contribution in [-0.2, 0) is 4.74 Å². The van der Waals surface area contributed by atoms with E-state index >= 15 is 0 Å². The van der Waals surface area contributed by atoms with Crippen LogP contribution in [0.2, 0.25) is 0 Å². The third-order valence-electron chi connectivity index (χ3n) is 2.82. The lowest BCUT2D eigenvalue weighted by Crippen LogP contribution is -2.34. The molecule has 1 rings (SSSR count). The first-order chi connectivity index (χ1) is 9.67. The maximum Gasteiger partial charge on any atom is 0.161 e. The second-order valence-electron chi connectivity index (χ2n) is 4.83. The van der Waals surface area contributed by atoms with Crippen molar-refractivity contribution in [1.82, 2.24) is 5.32 Å². The third kappa shape index (κ3) is 6.23. The molecule has 0 heterocycles. The van der Waals surface area contributed by atoms with E-state index in [0.29, 0.717) is 30.6 Å². The van der Waals surface area contributed by atoms with Crippen LogP contribution in [0.15, 0.2) is 24.3 Å². The van der Waals surface area contributed by atoms with Gasteiger partial charge in [-0.05, 0) is 24.6 Å². The molecule has 0 aromatic heterocycles. The van der Waals surface area contributed by atoms with Crippen LogP contribution in [0.5, 0.6) is 11.5 Å². The van der Waals surface area contributed by atoms with Gasteiger partial charge in [-0.3, -0.25) is 0 Å². The largest absolute Gasteiger partial charge is 0.493 e. The van der Waals surface area contributed by atoms with Gasteiger partial charge in [0.2, 0.25) is 0 Å². The van der Waals surface area contributed by atoms with Gasteiger partial charge in [0.1, 0.15) is 12.7 Å². The van der Waals surface area contributed by atoms with E-state index in [2.05, 4.69) is 12.2 Å². The van der Waals surface area contributed by atoms with Crippen LogP contribution >= 0.6 is 0 Å². The van der Waals surface area contributed by atoms with E-state index < -0.39 is 6.10 Å². The second-order valence-corrected chi connectivity index (χ2v) is 4.83. The van der Waals surface area contributed by atoms with Gasteiger partial charge in [-0.1, -0.05) is 19.1 Å². The molecule has 2 N–H and O–H groups in total. The number of hydrogen-bond acceptors (Lipinski definition) is 5. The Hall–Kier alpha value is -1.30. The zero-order chi connectivity index (χ0) is 14.8. The number of ether oxygens (including phenoxy) is 3. The molecule has 0 saturated heterocycles. The maximum absolute atomic E-state index is 9.86. The molecular weight excluding hydrogens is 258 g/mol. The van der Waals surface area contributed by atoms with Crippen molar-refractivity contribution in [3.05, 3.63) is 24.3 Å². The van der Waals surface area contributed by atoms with Crippen LogP contribution in [0.3, 0.4) is 0 Å². The van der Waals surface area contributed by atoms with Crippen LogP contribution in [0.4, 0.5) is 0 Å². The van der Waals surface area contributed by atoms with Crippen molar-refractivity contribution in [2.45, 2.75) is 13.0 Å². The molecule has 0 aliphatic rings. The number of para-hydroxylation sites is 2. The lowest BCUT2D eigenvalue weighted by Gasteiger charge is -2.16. The molecule has 0 aliphatic heterocycles. The summed E-state index contributed by atoms with van der Waals surface area (Å²) >= 11 is 0. The lowest BCUT2D eigenvalue weighted by molar-refractivity contribution is 0.101. The molecule has 2 atom stereocenters. The van der Waals surface area contributed by atoms with Crippen molar-refractivity contribution in [1.29, 1.82) is 0 Å². The van der Waals surface area contributed by atoms with Crippen molar-refractivity contribution >= 4 is 0 Å². The standard InChI is InChI=1S/C15H25NO4/c1-12(10-18-2)8-16-9-13(17)11-20-15-7-5-4-6-14(15)19-3/h4-7,12-13,16-17H,8-11H2,1-3H3. The second kappa shape index (κ2) is 9.58. The summed E-state index contributed by atoms with van der Waals surface area (Å²) in [6, 6.07) is 7.39. The first-order valence-electron chi connectivity index (χ1n) is 6.81. The van der Waals surface area contributed by atoms with Crippen LogP contribution in [0.1, 0.15) is 6.92 Å². The molecule has 114 valence electrons. The van der Waals surface area contributed by atoms with E-state index in [1.54, 1.807) is 14.2 Å². The average molecular weight is 283 g/mol. The van der Waals surface area contributed by atoms with E-state index in [1.165, 1.54) is 0 Å². The molecular formula is C15H25NO4. The van der Waals surface area contributed by atoms with Crippen molar-refractivity contribution in [2.75, 3.05) is 40.5 Å². The quantitative estimate of drug-likeness (QED) is 0.678. The average Bonchev–Trinajstić information content (AvgIpc) is 2.45. The molecule has 0 amide bonds. The molecule has 0 bridgehead atoms. The van der Waals surface area contributed by atoms with Gasteiger partial charge >= 0.3 is 0 Å². The summed E-state index contributed by atoms with van der Waals surface area (Å²) in [5.41, 5.74) is 0.